The summed E-state index contributed by atoms with van der Waals surface area (Å²) in [5.41, 5.74) is 4.82. The summed E-state index contributed by atoms with van der Waals surface area (Å²) in [5, 5.41) is 0. The Morgan fingerprint density at radius 2 is 1.77 bits per heavy atom. The quantitative estimate of drug-likeness (QED) is 0.921. The van der Waals surface area contributed by atoms with E-state index in [1.54, 1.807) is 0 Å². The Bertz CT molecular complexity index is 747. The first kappa shape index (κ1) is 18.4. The van der Waals surface area contributed by atoms with Crippen LogP contribution in [0.15, 0.2) is 52.4 Å². The molecule has 2 rings (SSSR count). The van der Waals surface area contributed by atoms with Gasteiger partial charge in [0.1, 0.15) is 0 Å². The molecule has 0 bridgehead atoms. The van der Waals surface area contributed by atoms with Crippen LogP contribution >= 0.6 is 12.4 Å². The van der Waals surface area contributed by atoms with E-state index in [0.717, 1.165) is 24.4 Å². The number of nitrogens with two attached hydrogens (primary N) is 1. The number of alkyl halides is 3. The van der Waals surface area contributed by atoms with E-state index in [0.29, 0.717) is 11.8 Å². The molecule has 9 heteroatoms. The molecule has 0 aliphatic carbocycles. The van der Waals surface area contributed by atoms with Gasteiger partial charge in [0.05, 0.1) is 21.0 Å². The normalized spacial score (nSPS) is 11.8. The zero-order valence-electron chi connectivity index (χ0n) is 11.0. The number of hydrogen-bond donors (Lipinski definition) is 1. The van der Waals surface area contributed by atoms with Crippen molar-refractivity contribution < 1.29 is 21.6 Å². The molecule has 0 fully saturated rings. The Hall–Kier alpha value is -1.64. The fraction of sp³-hybridized carbons (Fsp3) is 0.154. The van der Waals surface area contributed by atoms with Crippen LogP contribution in [0.5, 0.6) is 0 Å². The van der Waals surface area contributed by atoms with Gasteiger partial charge in [-0.3, -0.25) is 4.98 Å². The molecule has 120 valence electrons. The van der Waals surface area contributed by atoms with Crippen molar-refractivity contribution in [2.24, 2.45) is 5.73 Å². The standard InChI is InChI=1S/C13H11F3N2O2S.ClH/c14-13(15,16)9-2-1-3-11(6-9)21(19,20)12-5-4-10(7-17)18-8-12;/h1-6,8H,7,17H2;1H. The molecule has 0 aliphatic heterocycles. The van der Waals surface area contributed by atoms with Gasteiger partial charge in [0.2, 0.25) is 9.84 Å². The van der Waals surface area contributed by atoms with E-state index >= 15 is 0 Å². The van der Waals surface area contributed by atoms with Crippen LogP contribution in [-0.4, -0.2) is 13.4 Å². The zero-order chi connectivity index (χ0) is 15.7. The van der Waals surface area contributed by atoms with Crippen LogP contribution in [0.1, 0.15) is 11.3 Å². The van der Waals surface area contributed by atoms with Crippen molar-refractivity contribution in [3.05, 3.63) is 53.9 Å². The summed E-state index contributed by atoms with van der Waals surface area (Å²) in [6.45, 7) is 0.143. The largest absolute Gasteiger partial charge is 0.416 e. The Morgan fingerprint density at radius 3 is 2.27 bits per heavy atom. The summed E-state index contributed by atoms with van der Waals surface area (Å²) in [6, 6.07) is 6.27. The van der Waals surface area contributed by atoms with Crippen LogP contribution in [-0.2, 0) is 22.6 Å². The minimum absolute atomic E-state index is 0. The molecule has 0 aliphatic rings. The molecule has 0 saturated heterocycles. The van der Waals surface area contributed by atoms with Crippen molar-refractivity contribution in [2.75, 3.05) is 0 Å². The van der Waals surface area contributed by atoms with E-state index in [2.05, 4.69) is 4.98 Å². The lowest BCUT2D eigenvalue weighted by atomic mass is 10.2. The number of hydrogen-bond acceptors (Lipinski definition) is 4. The smallest absolute Gasteiger partial charge is 0.325 e. The summed E-state index contributed by atoms with van der Waals surface area (Å²) in [4.78, 5) is 3.22. The second-order valence-corrected chi connectivity index (χ2v) is 6.17. The second-order valence-electron chi connectivity index (χ2n) is 4.22. The lowest BCUT2D eigenvalue weighted by Gasteiger charge is -2.09. The van der Waals surface area contributed by atoms with Gasteiger partial charge < -0.3 is 5.73 Å². The number of aromatic nitrogens is 1. The second kappa shape index (κ2) is 6.64. The van der Waals surface area contributed by atoms with Gasteiger partial charge in [-0.05, 0) is 30.3 Å². The highest BCUT2D eigenvalue weighted by Gasteiger charge is 2.32. The van der Waals surface area contributed by atoms with Gasteiger partial charge in [0.15, 0.2) is 0 Å². The van der Waals surface area contributed by atoms with Crippen LogP contribution < -0.4 is 5.73 Å². The van der Waals surface area contributed by atoms with E-state index in [1.165, 1.54) is 12.1 Å². The van der Waals surface area contributed by atoms with Gasteiger partial charge in [0, 0.05) is 12.7 Å². The average Bonchev–Trinajstić information content (AvgIpc) is 2.46. The van der Waals surface area contributed by atoms with Gasteiger partial charge >= 0.3 is 6.18 Å². The summed E-state index contributed by atoms with van der Waals surface area (Å²) >= 11 is 0. The van der Waals surface area contributed by atoms with E-state index in [-0.39, 0.29) is 23.8 Å². The molecule has 4 nitrogen and oxygen atoms in total. The third-order valence-corrected chi connectivity index (χ3v) is 4.53. The predicted octanol–water partition coefficient (Wildman–Crippen LogP) is 2.81. The minimum atomic E-state index is -4.60. The molecule has 0 spiro atoms. The zero-order valence-corrected chi connectivity index (χ0v) is 12.7. The molecule has 0 radical (unpaired) electrons. The molecule has 0 atom stereocenters. The molecular weight excluding hydrogens is 341 g/mol. The van der Waals surface area contributed by atoms with Crippen molar-refractivity contribution in [1.82, 2.24) is 4.98 Å². The van der Waals surface area contributed by atoms with E-state index < -0.39 is 26.5 Å². The molecular formula is C13H12ClF3N2O2S. The van der Waals surface area contributed by atoms with Crippen LogP contribution in [0.25, 0.3) is 0 Å². The minimum Gasteiger partial charge on any atom is -0.325 e. The number of nitrogens with zero attached hydrogens (tertiary/aromatic N) is 1. The van der Waals surface area contributed by atoms with E-state index in [1.807, 2.05) is 0 Å². The molecule has 1 aromatic heterocycles. The van der Waals surface area contributed by atoms with Crippen molar-refractivity contribution in [3.8, 4) is 0 Å². The Morgan fingerprint density at radius 1 is 1.09 bits per heavy atom. The lowest BCUT2D eigenvalue weighted by Crippen LogP contribution is -2.09. The van der Waals surface area contributed by atoms with Crippen LogP contribution in [0.3, 0.4) is 0 Å². The highest BCUT2D eigenvalue weighted by Crippen LogP contribution is 2.31. The van der Waals surface area contributed by atoms with Crippen molar-refractivity contribution in [2.45, 2.75) is 22.5 Å². The lowest BCUT2D eigenvalue weighted by molar-refractivity contribution is -0.137. The van der Waals surface area contributed by atoms with E-state index in [9.17, 15) is 21.6 Å². The van der Waals surface area contributed by atoms with Gasteiger partial charge in [-0.2, -0.15) is 13.2 Å². The maximum Gasteiger partial charge on any atom is 0.416 e. The van der Waals surface area contributed by atoms with Crippen molar-refractivity contribution in [3.63, 3.8) is 0 Å². The Kier molecular flexibility index (Phi) is 5.55. The molecule has 0 unspecified atom stereocenters. The molecule has 0 saturated carbocycles. The number of sulfone groups is 1. The van der Waals surface area contributed by atoms with Gasteiger partial charge in [-0.1, -0.05) is 6.07 Å². The number of rotatable bonds is 3. The van der Waals surface area contributed by atoms with Crippen LogP contribution in [0, 0.1) is 0 Å². The third-order valence-electron chi connectivity index (χ3n) is 2.79. The highest BCUT2D eigenvalue weighted by molar-refractivity contribution is 7.91. The first-order valence-corrected chi connectivity index (χ1v) is 7.31. The molecule has 2 aromatic rings. The SMILES string of the molecule is Cl.NCc1ccc(S(=O)(=O)c2cccc(C(F)(F)F)c2)cn1. The molecule has 22 heavy (non-hydrogen) atoms. The maximum atomic E-state index is 12.6. The van der Waals surface area contributed by atoms with Gasteiger partial charge in [-0.25, -0.2) is 8.42 Å². The fourth-order valence-electron chi connectivity index (χ4n) is 1.67. The molecule has 1 heterocycles. The first-order valence-electron chi connectivity index (χ1n) is 5.82. The predicted molar refractivity (Wildman–Crippen MR) is 76.3 cm³/mol. The van der Waals surface area contributed by atoms with Crippen molar-refractivity contribution >= 4 is 22.2 Å². The van der Waals surface area contributed by atoms with Gasteiger partial charge in [-0.15, -0.1) is 12.4 Å². The Balaban J connectivity index is 0.00000242. The van der Waals surface area contributed by atoms with Crippen LogP contribution in [0.2, 0.25) is 0 Å². The summed E-state index contributed by atoms with van der Waals surface area (Å²) in [7, 11) is -4.05. The summed E-state index contributed by atoms with van der Waals surface area (Å²) < 4.78 is 62.5. The molecule has 2 N–H and O–H groups in total. The summed E-state index contributed by atoms with van der Waals surface area (Å²) in [6.07, 6.45) is -3.52. The third kappa shape index (κ3) is 3.76. The Labute approximate surface area is 131 Å². The maximum absolute atomic E-state index is 12.6. The summed E-state index contributed by atoms with van der Waals surface area (Å²) in [5.74, 6) is 0. The van der Waals surface area contributed by atoms with E-state index in [4.69, 9.17) is 5.73 Å². The molecule has 1 aromatic carbocycles. The highest BCUT2D eigenvalue weighted by atomic mass is 35.5. The molecule has 0 amide bonds. The monoisotopic (exact) mass is 352 g/mol. The number of benzene rings is 1. The fourth-order valence-corrected chi connectivity index (χ4v) is 2.92. The van der Waals surface area contributed by atoms with Crippen molar-refractivity contribution in [1.29, 1.82) is 0 Å². The van der Waals surface area contributed by atoms with Gasteiger partial charge in [0.25, 0.3) is 0 Å². The number of pyridine rings is 1. The number of halogens is 4. The average molecular weight is 353 g/mol. The first-order chi connectivity index (χ1) is 9.75. The van der Waals surface area contributed by atoms with Crippen LogP contribution in [0.4, 0.5) is 13.2 Å². The topological polar surface area (TPSA) is 73.1 Å².